The summed E-state index contributed by atoms with van der Waals surface area (Å²) >= 11 is 0. The molecule has 5 heteroatoms. The lowest BCUT2D eigenvalue weighted by Crippen LogP contribution is -2.27. The number of halogens is 1. The molecule has 0 N–H and O–H groups in total. The molecule has 4 nitrogen and oxygen atoms in total. The Bertz CT molecular complexity index is 762. The van der Waals surface area contributed by atoms with Crippen LogP contribution in [0.2, 0.25) is 0 Å². The van der Waals surface area contributed by atoms with Gasteiger partial charge in [0.2, 0.25) is 0 Å². The third-order valence-electron chi connectivity index (χ3n) is 5.52. The average molecular weight is 328 g/mol. The van der Waals surface area contributed by atoms with Crippen LogP contribution in [0.3, 0.4) is 0 Å². The lowest BCUT2D eigenvalue weighted by Gasteiger charge is -2.27. The first-order valence-electron chi connectivity index (χ1n) is 8.55. The first kappa shape index (κ1) is 15.5. The van der Waals surface area contributed by atoms with E-state index in [0.717, 1.165) is 36.9 Å². The number of methoxy groups -OCH3 is 1. The molecular weight excluding hydrogens is 307 g/mol. The van der Waals surface area contributed by atoms with Gasteiger partial charge >= 0.3 is 0 Å². The fraction of sp³-hybridized carbons (Fsp3) is 0.474. The first-order valence-corrected chi connectivity index (χ1v) is 8.55. The molecular formula is C19H21FN2O2. The summed E-state index contributed by atoms with van der Waals surface area (Å²) in [5.41, 5.74) is 2.38. The van der Waals surface area contributed by atoms with Gasteiger partial charge < -0.3 is 9.30 Å². The molecule has 4 rings (SSSR count). The van der Waals surface area contributed by atoms with Crippen LogP contribution in [-0.4, -0.2) is 28.5 Å². The van der Waals surface area contributed by atoms with Crippen molar-refractivity contribution in [3.8, 4) is 11.3 Å². The predicted molar refractivity (Wildman–Crippen MR) is 88.1 cm³/mol. The van der Waals surface area contributed by atoms with Crippen LogP contribution >= 0.6 is 0 Å². The molecule has 1 aliphatic heterocycles. The number of carbonyl (C=O) groups is 1. The molecule has 1 aromatic carbocycles. The second kappa shape index (κ2) is 6.13. The highest BCUT2D eigenvalue weighted by atomic mass is 19.1. The number of rotatable bonds is 4. The van der Waals surface area contributed by atoms with Crippen molar-refractivity contribution >= 4 is 5.78 Å². The molecule has 1 aliphatic carbocycles. The summed E-state index contributed by atoms with van der Waals surface area (Å²) in [4.78, 5) is 17.0. The number of hydrogen-bond donors (Lipinski definition) is 0. The third-order valence-corrected chi connectivity index (χ3v) is 5.52. The van der Waals surface area contributed by atoms with Crippen molar-refractivity contribution in [3.63, 3.8) is 0 Å². The van der Waals surface area contributed by atoms with Crippen LogP contribution in [0.4, 0.5) is 4.39 Å². The zero-order chi connectivity index (χ0) is 16.7. The van der Waals surface area contributed by atoms with Gasteiger partial charge in [-0.15, -0.1) is 0 Å². The van der Waals surface area contributed by atoms with E-state index < -0.39 is 0 Å². The highest BCUT2D eigenvalue weighted by Gasteiger charge is 2.35. The average Bonchev–Trinajstić information content (AvgIpc) is 3.18. The van der Waals surface area contributed by atoms with Crippen LogP contribution < -0.4 is 0 Å². The van der Waals surface area contributed by atoms with Gasteiger partial charge in [0.1, 0.15) is 11.6 Å². The summed E-state index contributed by atoms with van der Waals surface area (Å²) < 4.78 is 21.7. The number of benzene rings is 1. The molecule has 1 fully saturated rings. The number of Topliss-reactive ketones (excluding diaryl/α,β-unsaturated/α-hetero) is 1. The molecule has 0 bridgehead atoms. The molecule has 126 valence electrons. The largest absolute Gasteiger partial charge is 0.381 e. The van der Waals surface area contributed by atoms with E-state index in [1.54, 1.807) is 25.7 Å². The molecule has 1 unspecified atom stereocenters. The summed E-state index contributed by atoms with van der Waals surface area (Å²) in [5, 5.41) is 0. The zero-order valence-corrected chi connectivity index (χ0v) is 13.7. The van der Waals surface area contributed by atoms with E-state index >= 15 is 0 Å². The van der Waals surface area contributed by atoms with Crippen molar-refractivity contribution in [1.82, 2.24) is 9.55 Å². The number of ether oxygens (including phenoxy) is 1. The Morgan fingerprint density at radius 3 is 2.88 bits per heavy atom. The molecule has 0 radical (unpaired) electrons. The van der Waals surface area contributed by atoms with Crippen molar-refractivity contribution in [2.75, 3.05) is 7.11 Å². The number of imidazole rings is 1. The van der Waals surface area contributed by atoms with E-state index in [0.29, 0.717) is 12.0 Å². The quantitative estimate of drug-likeness (QED) is 0.858. The van der Waals surface area contributed by atoms with Gasteiger partial charge in [-0.2, -0.15) is 0 Å². The molecule has 2 heterocycles. The van der Waals surface area contributed by atoms with E-state index in [4.69, 9.17) is 4.74 Å². The van der Waals surface area contributed by atoms with Crippen molar-refractivity contribution in [1.29, 1.82) is 0 Å². The molecule has 0 spiro atoms. The second-order valence-corrected chi connectivity index (χ2v) is 6.78. The maximum atomic E-state index is 14.4. The van der Waals surface area contributed by atoms with Gasteiger partial charge in [-0.3, -0.25) is 4.79 Å². The van der Waals surface area contributed by atoms with Gasteiger partial charge in [0, 0.05) is 30.6 Å². The summed E-state index contributed by atoms with van der Waals surface area (Å²) in [5.74, 6) is 0.0570. The maximum absolute atomic E-state index is 14.4. The highest BCUT2D eigenvalue weighted by Crippen LogP contribution is 2.43. The first-order chi connectivity index (χ1) is 11.7. The molecule has 1 saturated carbocycles. The summed E-state index contributed by atoms with van der Waals surface area (Å²) in [6, 6.07) is 4.81. The van der Waals surface area contributed by atoms with E-state index in [1.807, 2.05) is 10.6 Å². The standard InChI is InChI=1S/C19H21FN2O2/c1-24-13-7-5-12(6-8-13)18(23)9-16-19-14(3-2-4-15(19)20)17-10-21-11-22(16)17/h2-4,10-13,16H,5-9H2,1H3/t12-,13-,16?. The Morgan fingerprint density at radius 2 is 2.12 bits per heavy atom. The van der Waals surface area contributed by atoms with E-state index in [-0.39, 0.29) is 29.7 Å². The monoisotopic (exact) mass is 328 g/mol. The zero-order valence-electron chi connectivity index (χ0n) is 13.7. The van der Waals surface area contributed by atoms with Gasteiger partial charge in [0.25, 0.3) is 0 Å². The molecule has 24 heavy (non-hydrogen) atoms. The van der Waals surface area contributed by atoms with Crippen LogP contribution in [0.5, 0.6) is 0 Å². The van der Waals surface area contributed by atoms with Gasteiger partial charge in [0.05, 0.1) is 30.4 Å². The van der Waals surface area contributed by atoms with Crippen molar-refractivity contribution in [2.24, 2.45) is 5.92 Å². The number of fused-ring (bicyclic) bond motifs is 3. The lowest BCUT2D eigenvalue weighted by atomic mass is 9.82. The summed E-state index contributed by atoms with van der Waals surface area (Å²) in [6.07, 6.45) is 7.65. The van der Waals surface area contributed by atoms with Gasteiger partial charge in [-0.25, -0.2) is 9.37 Å². The summed E-state index contributed by atoms with van der Waals surface area (Å²) in [7, 11) is 1.73. The Kier molecular flexibility index (Phi) is 3.96. The summed E-state index contributed by atoms with van der Waals surface area (Å²) in [6.45, 7) is 0. The van der Waals surface area contributed by atoms with Crippen molar-refractivity contribution in [2.45, 2.75) is 44.2 Å². The number of aromatic nitrogens is 2. The van der Waals surface area contributed by atoms with Crippen molar-refractivity contribution < 1.29 is 13.9 Å². The fourth-order valence-corrected chi connectivity index (χ4v) is 4.18. The Hall–Kier alpha value is -2.01. The minimum atomic E-state index is -0.272. The molecule has 2 aliphatic rings. The Labute approximate surface area is 140 Å². The minimum absolute atomic E-state index is 0.0687. The third kappa shape index (κ3) is 2.47. The predicted octanol–water partition coefficient (Wildman–Crippen LogP) is 3.76. The smallest absolute Gasteiger partial charge is 0.138 e. The SMILES string of the molecule is CO[C@H]1CC[C@H](C(=O)CC2c3c(F)cccc3-c3cncn32)CC1. The second-order valence-electron chi connectivity index (χ2n) is 6.78. The van der Waals surface area contributed by atoms with E-state index in [9.17, 15) is 9.18 Å². The van der Waals surface area contributed by atoms with Crippen LogP contribution in [0, 0.1) is 11.7 Å². The van der Waals surface area contributed by atoms with Crippen LogP contribution in [-0.2, 0) is 9.53 Å². The normalized spacial score (nSPS) is 25.3. The maximum Gasteiger partial charge on any atom is 0.138 e. The molecule has 2 aromatic rings. The van der Waals surface area contributed by atoms with Crippen molar-refractivity contribution in [3.05, 3.63) is 42.1 Å². The van der Waals surface area contributed by atoms with E-state index in [1.165, 1.54) is 6.07 Å². The van der Waals surface area contributed by atoms with Crippen LogP contribution in [0.15, 0.2) is 30.7 Å². The Morgan fingerprint density at radius 1 is 1.33 bits per heavy atom. The van der Waals surface area contributed by atoms with Gasteiger partial charge in [0.15, 0.2) is 0 Å². The highest BCUT2D eigenvalue weighted by molar-refractivity contribution is 5.83. The van der Waals surface area contributed by atoms with Gasteiger partial charge in [-0.1, -0.05) is 12.1 Å². The number of carbonyl (C=O) groups excluding carboxylic acids is 1. The number of nitrogens with zero attached hydrogens (tertiary/aromatic N) is 2. The number of ketones is 1. The van der Waals surface area contributed by atoms with E-state index in [2.05, 4.69) is 4.98 Å². The molecule has 0 saturated heterocycles. The molecule has 0 amide bonds. The van der Waals surface area contributed by atoms with Crippen LogP contribution in [0.1, 0.15) is 43.7 Å². The Balaban J connectivity index is 1.56. The van der Waals surface area contributed by atoms with Gasteiger partial charge in [-0.05, 0) is 31.7 Å². The topological polar surface area (TPSA) is 44.1 Å². The lowest BCUT2D eigenvalue weighted by molar-refractivity contribution is -0.125. The molecule has 1 aromatic heterocycles. The minimum Gasteiger partial charge on any atom is -0.381 e. The number of hydrogen-bond acceptors (Lipinski definition) is 3. The molecule has 1 atom stereocenters. The fourth-order valence-electron chi connectivity index (χ4n) is 4.18. The van der Waals surface area contributed by atoms with Crippen LogP contribution in [0.25, 0.3) is 11.3 Å².